The normalized spacial score (nSPS) is 11.5. The van der Waals surface area contributed by atoms with Crippen LogP contribution in [0, 0.1) is 0 Å². The predicted octanol–water partition coefficient (Wildman–Crippen LogP) is 6.61. The van der Waals surface area contributed by atoms with Crippen LogP contribution in [0.3, 0.4) is 0 Å². The van der Waals surface area contributed by atoms with Gasteiger partial charge in [-0.25, -0.2) is 0 Å². The first-order valence-corrected chi connectivity index (χ1v) is 11.2. The molecule has 24 heavy (non-hydrogen) atoms. The summed E-state index contributed by atoms with van der Waals surface area (Å²) in [6, 6.07) is 0. The van der Waals surface area contributed by atoms with Gasteiger partial charge in [0.15, 0.2) is 0 Å². The Morgan fingerprint density at radius 3 is 1.29 bits per heavy atom. The van der Waals surface area contributed by atoms with Crippen LogP contribution in [0.4, 0.5) is 0 Å². The van der Waals surface area contributed by atoms with Crippen molar-refractivity contribution in [1.29, 1.82) is 0 Å². The first-order valence-electron chi connectivity index (χ1n) is 10.4. The van der Waals surface area contributed by atoms with Gasteiger partial charge in [-0.05, 0) is 19.4 Å². The van der Waals surface area contributed by atoms with Gasteiger partial charge < -0.3 is 10.4 Å². The minimum atomic E-state index is -0.168. The van der Waals surface area contributed by atoms with Crippen molar-refractivity contribution >= 4 is 23.2 Å². The molecule has 0 atom stereocenters. The maximum absolute atomic E-state index is 8.65. The highest BCUT2D eigenvalue weighted by Crippen LogP contribution is 2.15. The second kappa shape index (κ2) is 21.5. The highest BCUT2D eigenvalue weighted by atomic mass is 35.5. The molecule has 0 aliphatic carbocycles. The molecular weight excluding hydrogens is 341 g/mol. The average Bonchev–Trinajstić information content (AvgIpc) is 2.56. The van der Waals surface area contributed by atoms with Crippen LogP contribution in [0.2, 0.25) is 0 Å². The standard InChI is InChI=1S/C20H41Cl2NO/c21-20(22)16-14-12-10-8-6-4-2-1-3-5-7-9-11-13-15-17-23-18-19-24/h20,23-24H,1-19H2. The van der Waals surface area contributed by atoms with E-state index in [-0.39, 0.29) is 11.4 Å². The topological polar surface area (TPSA) is 32.3 Å². The molecule has 4 heteroatoms. The van der Waals surface area contributed by atoms with E-state index < -0.39 is 0 Å². The molecule has 0 aliphatic heterocycles. The van der Waals surface area contributed by atoms with Crippen molar-refractivity contribution in [3.63, 3.8) is 0 Å². The Morgan fingerprint density at radius 1 is 0.542 bits per heavy atom. The lowest BCUT2D eigenvalue weighted by Crippen LogP contribution is -2.19. The number of hydrogen-bond acceptors (Lipinski definition) is 2. The van der Waals surface area contributed by atoms with Gasteiger partial charge in [-0.3, -0.25) is 0 Å². The summed E-state index contributed by atoms with van der Waals surface area (Å²) in [5, 5.41) is 11.9. The van der Waals surface area contributed by atoms with Crippen LogP contribution in [0.15, 0.2) is 0 Å². The Kier molecular flexibility index (Phi) is 22.0. The van der Waals surface area contributed by atoms with Crippen molar-refractivity contribution in [2.24, 2.45) is 0 Å². The number of aliphatic hydroxyl groups is 1. The van der Waals surface area contributed by atoms with Crippen molar-refractivity contribution in [2.45, 2.75) is 108 Å². The highest BCUT2D eigenvalue weighted by Gasteiger charge is 1.98. The zero-order valence-corrected chi connectivity index (χ0v) is 17.2. The largest absolute Gasteiger partial charge is 0.395 e. The molecule has 0 saturated heterocycles. The molecule has 0 aromatic carbocycles. The fourth-order valence-corrected chi connectivity index (χ4v) is 3.36. The Balaban J connectivity index is 2.95. The molecule has 0 unspecified atom stereocenters. The molecule has 0 bridgehead atoms. The molecule has 146 valence electrons. The lowest BCUT2D eigenvalue weighted by atomic mass is 10.0. The van der Waals surface area contributed by atoms with Gasteiger partial charge >= 0.3 is 0 Å². The lowest BCUT2D eigenvalue weighted by molar-refractivity contribution is 0.292. The van der Waals surface area contributed by atoms with Crippen molar-refractivity contribution in [3.8, 4) is 0 Å². The lowest BCUT2D eigenvalue weighted by Gasteiger charge is -2.04. The summed E-state index contributed by atoms with van der Waals surface area (Å²) in [7, 11) is 0. The van der Waals surface area contributed by atoms with E-state index in [2.05, 4.69) is 5.32 Å². The van der Waals surface area contributed by atoms with E-state index in [0.717, 1.165) is 19.5 Å². The maximum Gasteiger partial charge on any atom is 0.107 e. The molecule has 0 rings (SSSR count). The van der Waals surface area contributed by atoms with E-state index in [4.69, 9.17) is 28.3 Å². The van der Waals surface area contributed by atoms with Crippen LogP contribution in [0.1, 0.15) is 103 Å². The zero-order valence-electron chi connectivity index (χ0n) is 15.7. The van der Waals surface area contributed by atoms with Crippen molar-refractivity contribution in [2.75, 3.05) is 19.7 Å². The number of halogens is 2. The summed E-state index contributed by atoms with van der Waals surface area (Å²) in [5.74, 6) is 0. The van der Waals surface area contributed by atoms with Gasteiger partial charge in [0.1, 0.15) is 4.84 Å². The molecule has 0 saturated carbocycles. The molecule has 2 nitrogen and oxygen atoms in total. The number of nitrogens with one attached hydrogen (secondary N) is 1. The van der Waals surface area contributed by atoms with Gasteiger partial charge in [-0.15, -0.1) is 23.2 Å². The minimum absolute atomic E-state index is 0.168. The molecule has 0 heterocycles. The first kappa shape index (κ1) is 24.5. The van der Waals surface area contributed by atoms with Crippen LogP contribution in [0.5, 0.6) is 0 Å². The molecular formula is C20H41Cl2NO. The summed E-state index contributed by atoms with van der Waals surface area (Å²) in [6.45, 7) is 2.05. The summed E-state index contributed by atoms with van der Waals surface area (Å²) in [6.07, 6.45) is 21.4. The Hall–Kier alpha value is 0.500. The Morgan fingerprint density at radius 2 is 0.917 bits per heavy atom. The van der Waals surface area contributed by atoms with Gasteiger partial charge in [-0.1, -0.05) is 89.9 Å². The van der Waals surface area contributed by atoms with Gasteiger partial charge in [0.2, 0.25) is 0 Å². The van der Waals surface area contributed by atoms with Crippen molar-refractivity contribution in [1.82, 2.24) is 5.32 Å². The Bertz CT molecular complexity index is 228. The van der Waals surface area contributed by atoms with E-state index in [9.17, 15) is 0 Å². The van der Waals surface area contributed by atoms with E-state index >= 15 is 0 Å². The zero-order chi connectivity index (χ0) is 17.7. The fourth-order valence-electron chi connectivity index (χ4n) is 3.05. The monoisotopic (exact) mass is 381 g/mol. The number of unbranched alkanes of at least 4 members (excludes halogenated alkanes) is 14. The smallest absolute Gasteiger partial charge is 0.107 e. The highest BCUT2D eigenvalue weighted by molar-refractivity contribution is 6.44. The molecule has 0 aromatic rings. The Labute approximate surface area is 161 Å². The van der Waals surface area contributed by atoms with Gasteiger partial charge in [-0.2, -0.15) is 0 Å². The fraction of sp³-hybridized carbons (Fsp3) is 1.00. The molecule has 0 spiro atoms. The third-order valence-electron chi connectivity index (χ3n) is 4.56. The van der Waals surface area contributed by atoms with Gasteiger partial charge in [0.05, 0.1) is 6.61 Å². The summed E-state index contributed by atoms with van der Waals surface area (Å²) in [4.78, 5) is -0.168. The van der Waals surface area contributed by atoms with E-state index in [1.165, 1.54) is 96.3 Å². The average molecular weight is 382 g/mol. The second-order valence-electron chi connectivity index (χ2n) is 6.96. The van der Waals surface area contributed by atoms with Gasteiger partial charge in [0, 0.05) is 6.54 Å². The van der Waals surface area contributed by atoms with Crippen LogP contribution < -0.4 is 5.32 Å². The third kappa shape index (κ3) is 22.5. The molecule has 0 amide bonds. The summed E-state index contributed by atoms with van der Waals surface area (Å²) < 4.78 is 0. The minimum Gasteiger partial charge on any atom is -0.395 e. The summed E-state index contributed by atoms with van der Waals surface area (Å²) in [5.41, 5.74) is 0. The van der Waals surface area contributed by atoms with E-state index in [0.29, 0.717) is 0 Å². The van der Waals surface area contributed by atoms with Crippen LogP contribution >= 0.6 is 23.2 Å². The van der Waals surface area contributed by atoms with Crippen molar-refractivity contribution < 1.29 is 5.11 Å². The number of alkyl halides is 2. The number of hydrogen-bond donors (Lipinski definition) is 2. The van der Waals surface area contributed by atoms with Crippen LogP contribution in [-0.2, 0) is 0 Å². The molecule has 2 N–H and O–H groups in total. The molecule has 0 fully saturated rings. The molecule has 0 aliphatic rings. The molecule has 0 radical (unpaired) electrons. The molecule has 0 aromatic heterocycles. The first-order chi connectivity index (χ1) is 11.8. The summed E-state index contributed by atoms with van der Waals surface area (Å²) >= 11 is 11.4. The quantitative estimate of drug-likeness (QED) is 0.183. The van der Waals surface area contributed by atoms with Crippen LogP contribution in [-0.4, -0.2) is 29.6 Å². The SMILES string of the molecule is OCCNCCCCCCCCCCCCCCCCCC(Cl)Cl. The van der Waals surface area contributed by atoms with Crippen LogP contribution in [0.25, 0.3) is 0 Å². The maximum atomic E-state index is 8.65. The number of rotatable bonds is 20. The van der Waals surface area contributed by atoms with Crippen molar-refractivity contribution in [3.05, 3.63) is 0 Å². The van der Waals surface area contributed by atoms with E-state index in [1.807, 2.05) is 0 Å². The van der Waals surface area contributed by atoms with Gasteiger partial charge in [0.25, 0.3) is 0 Å². The predicted molar refractivity (Wildman–Crippen MR) is 109 cm³/mol. The number of aliphatic hydroxyl groups excluding tert-OH is 1. The third-order valence-corrected chi connectivity index (χ3v) is 5.00. The second-order valence-corrected chi connectivity index (χ2v) is 8.23. The van der Waals surface area contributed by atoms with E-state index in [1.54, 1.807) is 0 Å².